The molecule has 0 saturated heterocycles. The second-order valence-electron chi connectivity index (χ2n) is 7.09. The number of carbonyl (C=O) groups excluding carboxylic acids is 1. The number of amides is 1. The Morgan fingerprint density at radius 2 is 1.75 bits per heavy atom. The lowest BCUT2D eigenvalue weighted by molar-refractivity contribution is -0.118. The molecule has 164 valence electrons. The molecule has 0 aliphatic carbocycles. The van der Waals surface area contributed by atoms with Gasteiger partial charge in [-0.2, -0.15) is 9.61 Å². The topological polar surface area (TPSA) is 94.8 Å². The summed E-state index contributed by atoms with van der Waals surface area (Å²) in [6.45, 7) is 4.04. The molecule has 4 rings (SSSR count). The molecule has 2 aromatic carbocycles. The van der Waals surface area contributed by atoms with Gasteiger partial charge in [-0.1, -0.05) is 36.0 Å². The molecule has 2 heterocycles. The van der Waals surface area contributed by atoms with E-state index in [1.165, 1.54) is 21.9 Å². The number of nitrogens with one attached hydrogen (secondary N) is 1. The summed E-state index contributed by atoms with van der Waals surface area (Å²) < 4.78 is 12.5. The van der Waals surface area contributed by atoms with Crippen molar-refractivity contribution in [1.29, 1.82) is 0 Å². The van der Waals surface area contributed by atoms with E-state index in [2.05, 4.69) is 15.4 Å². The SMILES string of the molecule is CCc1nn2c(=O)cc(COc3ccc(NC(=O)COc4ccc(C)cc4)cc3)nc2s1. The third kappa shape index (κ3) is 5.30. The third-order valence-electron chi connectivity index (χ3n) is 4.56. The van der Waals surface area contributed by atoms with Crippen molar-refractivity contribution < 1.29 is 14.3 Å². The third-order valence-corrected chi connectivity index (χ3v) is 5.61. The molecule has 32 heavy (non-hydrogen) atoms. The van der Waals surface area contributed by atoms with E-state index in [1.807, 2.05) is 38.1 Å². The highest BCUT2D eigenvalue weighted by atomic mass is 32.1. The molecule has 2 aromatic heterocycles. The number of hydrogen-bond acceptors (Lipinski definition) is 7. The van der Waals surface area contributed by atoms with Gasteiger partial charge in [0, 0.05) is 11.8 Å². The molecule has 0 saturated carbocycles. The van der Waals surface area contributed by atoms with Gasteiger partial charge < -0.3 is 14.8 Å². The van der Waals surface area contributed by atoms with Gasteiger partial charge in [0.2, 0.25) is 4.96 Å². The van der Waals surface area contributed by atoms with Gasteiger partial charge in [-0.15, -0.1) is 0 Å². The van der Waals surface area contributed by atoms with Crippen LogP contribution in [0.2, 0.25) is 0 Å². The number of fused-ring (bicyclic) bond motifs is 1. The molecule has 0 bridgehead atoms. The summed E-state index contributed by atoms with van der Waals surface area (Å²) in [6, 6.07) is 15.9. The number of aryl methyl sites for hydroxylation is 2. The summed E-state index contributed by atoms with van der Waals surface area (Å²) in [6.07, 6.45) is 0.750. The molecule has 4 aromatic rings. The summed E-state index contributed by atoms with van der Waals surface area (Å²) in [5.41, 5.74) is 2.06. The highest BCUT2D eigenvalue weighted by Gasteiger charge is 2.09. The molecule has 0 unspecified atom stereocenters. The highest BCUT2D eigenvalue weighted by Crippen LogP contribution is 2.18. The van der Waals surface area contributed by atoms with Gasteiger partial charge >= 0.3 is 0 Å². The van der Waals surface area contributed by atoms with Gasteiger partial charge in [0.15, 0.2) is 6.61 Å². The van der Waals surface area contributed by atoms with Crippen LogP contribution in [0.25, 0.3) is 4.96 Å². The minimum Gasteiger partial charge on any atom is -0.487 e. The Bertz CT molecular complexity index is 1280. The van der Waals surface area contributed by atoms with Crippen molar-refractivity contribution in [2.45, 2.75) is 26.9 Å². The Morgan fingerprint density at radius 3 is 2.47 bits per heavy atom. The van der Waals surface area contributed by atoms with Crippen molar-refractivity contribution in [3.63, 3.8) is 0 Å². The van der Waals surface area contributed by atoms with Crippen LogP contribution in [0.15, 0.2) is 59.4 Å². The van der Waals surface area contributed by atoms with Crippen molar-refractivity contribution >= 4 is 27.9 Å². The molecule has 8 nitrogen and oxygen atoms in total. The number of carbonyl (C=O) groups is 1. The highest BCUT2D eigenvalue weighted by molar-refractivity contribution is 7.16. The Morgan fingerprint density at radius 1 is 1.06 bits per heavy atom. The number of hydrogen-bond donors (Lipinski definition) is 1. The van der Waals surface area contributed by atoms with E-state index in [1.54, 1.807) is 24.3 Å². The van der Waals surface area contributed by atoms with Gasteiger partial charge in [-0.05, 0) is 49.7 Å². The van der Waals surface area contributed by atoms with E-state index in [9.17, 15) is 9.59 Å². The minimum absolute atomic E-state index is 0.0810. The first-order chi connectivity index (χ1) is 15.5. The van der Waals surface area contributed by atoms with Gasteiger partial charge in [-0.25, -0.2) is 4.98 Å². The summed E-state index contributed by atoms with van der Waals surface area (Å²) in [4.78, 5) is 29.3. The maximum absolute atomic E-state index is 12.2. The Balaban J connectivity index is 1.30. The lowest BCUT2D eigenvalue weighted by Gasteiger charge is -2.09. The summed E-state index contributed by atoms with van der Waals surface area (Å²) in [5.74, 6) is 0.984. The first kappa shape index (κ1) is 21.5. The van der Waals surface area contributed by atoms with Crippen LogP contribution >= 0.6 is 11.3 Å². The molecule has 0 spiro atoms. The fourth-order valence-electron chi connectivity index (χ4n) is 2.88. The predicted octanol–water partition coefficient (Wildman–Crippen LogP) is 3.62. The largest absolute Gasteiger partial charge is 0.487 e. The number of rotatable bonds is 8. The van der Waals surface area contributed by atoms with E-state index in [0.29, 0.717) is 27.8 Å². The Labute approximate surface area is 188 Å². The average Bonchev–Trinajstić information content (AvgIpc) is 3.22. The van der Waals surface area contributed by atoms with Gasteiger partial charge in [0.05, 0.1) is 5.69 Å². The van der Waals surface area contributed by atoms with E-state index >= 15 is 0 Å². The number of anilines is 1. The first-order valence-corrected chi connectivity index (χ1v) is 10.9. The summed E-state index contributed by atoms with van der Waals surface area (Å²) in [5, 5.41) is 7.87. The lowest BCUT2D eigenvalue weighted by atomic mass is 10.2. The predicted molar refractivity (Wildman–Crippen MR) is 123 cm³/mol. The lowest BCUT2D eigenvalue weighted by Crippen LogP contribution is -2.20. The van der Waals surface area contributed by atoms with Crippen molar-refractivity contribution in [1.82, 2.24) is 14.6 Å². The quantitative estimate of drug-likeness (QED) is 0.441. The van der Waals surface area contributed by atoms with E-state index < -0.39 is 0 Å². The van der Waals surface area contributed by atoms with Crippen molar-refractivity contribution in [3.8, 4) is 11.5 Å². The van der Waals surface area contributed by atoms with Gasteiger partial charge in [0.25, 0.3) is 11.5 Å². The zero-order chi connectivity index (χ0) is 22.5. The fraction of sp³-hybridized carbons (Fsp3) is 0.217. The van der Waals surface area contributed by atoms with E-state index in [0.717, 1.165) is 17.0 Å². The monoisotopic (exact) mass is 450 g/mol. The van der Waals surface area contributed by atoms with Crippen LogP contribution in [0.5, 0.6) is 11.5 Å². The van der Waals surface area contributed by atoms with Crippen molar-refractivity contribution in [3.05, 3.63) is 81.2 Å². The smallest absolute Gasteiger partial charge is 0.275 e. The maximum Gasteiger partial charge on any atom is 0.275 e. The Kier molecular flexibility index (Phi) is 6.46. The van der Waals surface area contributed by atoms with Crippen LogP contribution in [-0.4, -0.2) is 27.1 Å². The zero-order valence-electron chi connectivity index (χ0n) is 17.7. The maximum atomic E-state index is 12.2. The number of benzene rings is 2. The average molecular weight is 451 g/mol. The van der Waals surface area contributed by atoms with Gasteiger partial charge in [-0.3, -0.25) is 9.59 Å². The molecular weight excluding hydrogens is 428 g/mol. The first-order valence-electron chi connectivity index (χ1n) is 10.1. The minimum atomic E-state index is -0.256. The number of aromatic nitrogens is 3. The molecule has 0 radical (unpaired) electrons. The van der Waals surface area contributed by atoms with E-state index in [4.69, 9.17) is 9.47 Å². The van der Waals surface area contributed by atoms with Crippen LogP contribution in [-0.2, 0) is 17.8 Å². The van der Waals surface area contributed by atoms with Crippen molar-refractivity contribution in [2.75, 3.05) is 11.9 Å². The van der Waals surface area contributed by atoms with E-state index in [-0.39, 0.29) is 24.7 Å². The standard InChI is InChI=1S/C23H22N4O4S/c1-3-21-26-27-22(29)12-17(25-23(27)32-21)13-30-19-10-6-16(7-11-19)24-20(28)14-31-18-8-4-15(2)5-9-18/h4-12H,3,13-14H2,1-2H3,(H,24,28). The van der Waals surface area contributed by atoms with Crippen molar-refractivity contribution in [2.24, 2.45) is 0 Å². The molecule has 1 amide bonds. The Hall–Kier alpha value is -3.72. The van der Waals surface area contributed by atoms with Crippen LogP contribution in [0.1, 0.15) is 23.2 Å². The molecular formula is C23H22N4O4S. The molecule has 0 fully saturated rings. The molecule has 0 atom stereocenters. The molecule has 0 aliphatic rings. The summed E-state index contributed by atoms with van der Waals surface area (Å²) >= 11 is 1.39. The second-order valence-corrected chi connectivity index (χ2v) is 8.13. The normalized spacial score (nSPS) is 10.8. The fourth-order valence-corrected chi connectivity index (χ4v) is 3.74. The zero-order valence-corrected chi connectivity index (χ0v) is 18.5. The van der Waals surface area contributed by atoms with Gasteiger partial charge in [0.1, 0.15) is 23.1 Å². The van der Waals surface area contributed by atoms with Crippen LogP contribution in [0.3, 0.4) is 0 Å². The second kappa shape index (κ2) is 9.61. The van der Waals surface area contributed by atoms with Crippen LogP contribution in [0.4, 0.5) is 5.69 Å². The summed E-state index contributed by atoms with van der Waals surface area (Å²) in [7, 11) is 0. The van der Waals surface area contributed by atoms with Crippen LogP contribution in [0, 0.1) is 6.92 Å². The van der Waals surface area contributed by atoms with Crippen LogP contribution < -0.4 is 20.3 Å². The molecule has 0 aliphatic heterocycles. The number of ether oxygens (including phenoxy) is 2. The molecule has 9 heteroatoms. The number of nitrogens with zero attached hydrogens (tertiary/aromatic N) is 3. The molecule has 1 N–H and O–H groups in total.